The summed E-state index contributed by atoms with van der Waals surface area (Å²) in [7, 11) is 0. The lowest BCUT2D eigenvalue weighted by Crippen LogP contribution is -2.13. The Hall–Kier alpha value is -2.26. The van der Waals surface area contributed by atoms with Crippen LogP contribution in [0.25, 0.3) is 0 Å². The number of benzene rings is 2. The highest BCUT2D eigenvalue weighted by Crippen LogP contribution is 2.41. The van der Waals surface area contributed by atoms with Gasteiger partial charge >= 0.3 is 0 Å². The number of hydrogen-bond acceptors (Lipinski definition) is 4. The first-order valence-electron chi connectivity index (χ1n) is 14.0. The smallest absolute Gasteiger partial charge is 0.211 e. The van der Waals surface area contributed by atoms with Crippen molar-refractivity contribution in [2.45, 2.75) is 77.7 Å². The van der Waals surface area contributed by atoms with Gasteiger partial charge in [0, 0.05) is 37.2 Å². The summed E-state index contributed by atoms with van der Waals surface area (Å²) in [5, 5.41) is 17.7. The second-order valence-electron chi connectivity index (χ2n) is 12.2. The number of amides is 2. The molecule has 228 valence electrons. The third-order valence-corrected chi connectivity index (χ3v) is 7.40. The quantitative estimate of drug-likeness (QED) is 0.180. The first-order valence-corrected chi connectivity index (χ1v) is 14.8. The van der Waals surface area contributed by atoms with Crippen molar-refractivity contribution in [1.29, 1.82) is 0 Å². The zero-order chi connectivity index (χ0) is 30.6. The highest BCUT2D eigenvalue weighted by atomic mass is 35.5. The summed E-state index contributed by atoms with van der Waals surface area (Å²) >= 11 is 11.7. The molecule has 2 aromatic carbocycles. The van der Waals surface area contributed by atoms with Crippen LogP contribution >= 0.6 is 23.2 Å². The lowest BCUT2D eigenvalue weighted by atomic mass is 9.83. The van der Waals surface area contributed by atoms with Gasteiger partial charge in [0.25, 0.3) is 0 Å². The number of carbonyl (C=O) groups is 2. The molecule has 4 rings (SSSR count). The normalized spacial score (nSPS) is 21.7. The minimum atomic E-state index is -0.550. The van der Waals surface area contributed by atoms with Gasteiger partial charge in [-0.25, -0.2) is 8.78 Å². The van der Waals surface area contributed by atoms with Crippen LogP contribution in [0.1, 0.15) is 82.8 Å². The van der Waals surface area contributed by atoms with E-state index < -0.39 is 11.6 Å². The monoisotopic (exact) mass is 613 g/mol. The molecule has 0 spiro atoms. The van der Waals surface area contributed by atoms with Gasteiger partial charge in [-0.2, -0.15) is 0 Å². The minimum Gasteiger partial charge on any atom is -0.393 e. The molecule has 2 aromatic rings. The number of nitrogens with one attached hydrogen (secondary N) is 3. The van der Waals surface area contributed by atoms with Crippen molar-refractivity contribution in [3.05, 3.63) is 63.1 Å². The molecule has 1 unspecified atom stereocenters. The summed E-state index contributed by atoms with van der Waals surface area (Å²) in [5.41, 5.74) is 2.45. The molecule has 1 saturated heterocycles. The maximum atomic E-state index is 14.0. The van der Waals surface area contributed by atoms with E-state index >= 15 is 0 Å². The Balaban J connectivity index is 0.000000288. The van der Waals surface area contributed by atoms with E-state index in [4.69, 9.17) is 23.2 Å². The van der Waals surface area contributed by atoms with Crippen molar-refractivity contribution >= 4 is 41.7 Å². The highest BCUT2D eigenvalue weighted by molar-refractivity contribution is 6.31. The van der Waals surface area contributed by atoms with Crippen LogP contribution in [0.4, 0.5) is 14.5 Å². The first kappa shape index (κ1) is 34.9. The topological polar surface area (TPSA) is 90.5 Å². The van der Waals surface area contributed by atoms with Crippen molar-refractivity contribution in [3.8, 4) is 0 Å². The fourth-order valence-corrected chi connectivity index (χ4v) is 5.37. The van der Waals surface area contributed by atoms with Gasteiger partial charge in [0.2, 0.25) is 12.8 Å². The molecule has 2 amide bonds. The molecule has 10 heteroatoms. The van der Waals surface area contributed by atoms with E-state index in [1.807, 2.05) is 0 Å². The van der Waals surface area contributed by atoms with Crippen LogP contribution in [0, 0.1) is 23.0 Å². The molecule has 1 aliphatic heterocycles. The molecular formula is C31H43Cl2F2N3O3. The summed E-state index contributed by atoms with van der Waals surface area (Å²) in [6.45, 7) is 10.8. The van der Waals surface area contributed by atoms with E-state index in [2.05, 4.69) is 43.6 Å². The third kappa shape index (κ3) is 12.2. The molecule has 4 N–H and O–H groups in total. The van der Waals surface area contributed by atoms with Gasteiger partial charge in [0.1, 0.15) is 11.6 Å². The standard InChI is InChI=1S/C17H14Cl2F2N2O.C9H17NO2.C5H12/c18-13-3-9(1-2-15(13)20)11-6-22-7-12(11)10-4-16(21)14(19)5-17(10)23-8-24;11-7-10-5-1-2-8-3-4-9(12)6-8;1-5(2,3)4/h1-5,8,11-12,22H,6-7H2,(H,23,24);7-9,12H,1-6H2,(H,10,11);1-4H3/t11-,12+;8?,9-;/m11./s1. The molecule has 0 bridgehead atoms. The molecular weight excluding hydrogens is 571 g/mol. The Morgan fingerprint density at radius 1 is 0.976 bits per heavy atom. The van der Waals surface area contributed by atoms with Gasteiger partial charge < -0.3 is 21.1 Å². The molecule has 6 nitrogen and oxygen atoms in total. The molecule has 0 radical (unpaired) electrons. The average molecular weight is 615 g/mol. The summed E-state index contributed by atoms with van der Waals surface area (Å²) < 4.78 is 27.4. The second kappa shape index (κ2) is 17.0. The Bertz CT molecular complexity index is 1120. The van der Waals surface area contributed by atoms with Gasteiger partial charge in [-0.05, 0) is 78.8 Å². The second-order valence-corrected chi connectivity index (χ2v) is 13.0. The Labute approximate surface area is 252 Å². The summed E-state index contributed by atoms with van der Waals surface area (Å²) in [6.07, 6.45) is 6.46. The van der Waals surface area contributed by atoms with Crippen LogP contribution in [0.5, 0.6) is 0 Å². The van der Waals surface area contributed by atoms with Crippen molar-refractivity contribution < 1.29 is 23.5 Å². The highest BCUT2D eigenvalue weighted by Gasteiger charge is 2.32. The third-order valence-electron chi connectivity index (χ3n) is 6.82. The SMILES string of the molecule is CC(C)(C)C.O=CNCCCC1CC[C@@H](O)C1.O=CNc1cc(Cl)c(F)cc1[C@@H]1CNC[C@@H]1c1ccc(F)c(Cl)c1. The molecule has 41 heavy (non-hydrogen) atoms. The summed E-state index contributed by atoms with van der Waals surface area (Å²) in [4.78, 5) is 20.8. The maximum Gasteiger partial charge on any atom is 0.211 e. The fourth-order valence-electron chi connectivity index (χ4n) is 5.02. The van der Waals surface area contributed by atoms with E-state index in [1.54, 1.807) is 12.1 Å². The summed E-state index contributed by atoms with van der Waals surface area (Å²) in [6, 6.07) is 7.31. The number of rotatable bonds is 9. The fraction of sp³-hybridized carbons (Fsp3) is 0.548. The van der Waals surface area contributed by atoms with Crippen LogP contribution in [-0.4, -0.2) is 43.7 Å². The van der Waals surface area contributed by atoms with Crippen molar-refractivity contribution in [2.75, 3.05) is 25.0 Å². The van der Waals surface area contributed by atoms with Crippen LogP contribution in [0.3, 0.4) is 0 Å². The predicted octanol–water partition coefficient (Wildman–Crippen LogP) is 7.04. The van der Waals surface area contributed by atoms with E-state index in [0.29, 0.717) is 42.1 Å². The van der Waals surface area contributed by atoms with Gasteiger partial charge in [0.15, 0.2) is 0 Å². The molecule has 2 aliphatic rings. The van der Waals surface area contributed by atoms with Gasteiger partial charge in [-0.15, -0.1) is 0 Å². The predicted molar refractivity (Wildman–Crippen MR) is 163 cm³/mol. The average Bonchev–Trinajstić information content (AvgIpc) is 3.54. The van der Waals surface area contributed by atoms with Crippen molar-refractivity contribution in [3.63, 3.8) is 0 Å². The Morgan fingerprint density at radius 3 is 2.22 bits per heavy atom. The molecule has 4 atom stereocenters. The van der Waals surface area contributed by atoms with Crippen LogP contribution in [0.15, 0.2) is 30.3 Å². The maximum absolute atomic E-state index is 14.0. The van der Waals surface area contributed by atoms with Crippen LogP contribution in [0.2, 0.25) is 10.0 Å². The number of aliphatic hydroxyl groups is 1. The largest absolute Gasteiger partial charge is 0.393 e. The number of hydrogen-bond donors (Lipinski definition) is 4. The molecule has 2 fully saturated rings. The van der Waals surface area contributed by atoms with E-state index in [9.17, 15) is 23.5 Å². The zero-order valence-electron chi connectivity index (χ0n) is 24.3. The van der Waals surface area contributed by atoms with Crippen molar-refractivity contribution in [1.82, 2.24) is 10.6 Å². The van der Waals surface area contributed by atoms with Gasteiger partial charge in [-0.3, -0.25) is 9.59 Å². The molecule has 1 heterocycles. The van der Waals surface area contributed by atoms with E-state index in [-0.39, 0.29) is 28.0 Å². The first-order chi connectivity index (χ1) is 19.3. The summed E-state index contributed by atoms with van der Waals surface area (Å²) in [5.74, 6) is -0.486. The van der Waals surface area contributed by atoms with Gasteiger partial charge in [-0.1, -0.05) is 57.0 Å². The number of anilines is 1. The Morgan fingerprint density at radius 2 is 1.63 bits per heavy atom. The zero-order valence-corrected chi connectivity index (χ0v) is 25.8. The molecule has 1 saturated carbocycles. The Kier molecular flexibility index (Phi) is 14.5. The number of aliphatic hydroxyl groups excluding tert-OH is 1. The lowest BCUT2D eigenvalue weighted by molar-refractivity contribution is -0.109. The minimum absolute atomic E-state index is 0.0316. The molecule has 0 aromatic heterocycles. The number of carbonyl (C=O) groups excluding carboxylic acids is 2. The van der Waals surface area contributed by atoms with Crippen LogP contribution < -0.4 is 16.0 Å². The van der Waals surface area contributed by atoms with Gasteiger partial charge in [0.05, 0.1) is 16.1 Å². The number of halogens is 4. The molecule has 1 aliphatic carbocycles. The van der Waals surface area contributed by atoms with E-state index in [0.717, 1.165) is 50.6 Å². The lowest BCUT2D eigenvalue weighted by Gasteiger charge is -2.22. The van der Waals surface area contributed by atoms with Crippen molar-refractivity contribution in [2.24, 2.45) is 11.3 Å². The van der Waals surface area contributed by atoms with E-state index in [1.165, 1.54) is 18.2 Å². The van der Waals surface area contributed by atoms with Crippen LogP contribution in [-0.2, 0) is 9.59 Å².